The van der Waals surface area contributed by atoms with E-state index in [1.54, 1.807) is 0 Å². The van der Waals surface area contributed by atoms with Crippen LogP contribution in [0.15, 0.2) is 0 Å². The van der Waals surface area contributed by atoms with E-state index in [0.717, 1.165) is 13.0 Å². The van der Waals surface area contributed by atoms with Gasteiger partial charge in [0.15, 0.2) is 0 Å². The fraction of sp³-hybridized carbons (Fsp3) is 1.00. The van der Waals surface area contributed by atoms with E-state index in [0.29, 0.717) is 6.10 Å². The van der Waals surface area contributed by atoms with Crippen LogP contribution in [-0.2, 0) is 4.74 Å². The summed E-state index contributed by atoms with van der Waals surface area (Å²) in [5, 5.41) is 10.1. The molecule has 19 heavy (non-hydrogen) atoms. The maximum absolute atomic E-state index is 10.1. The van der Waals surface area contributed by atoms with Crippen LogP contribution in [0.1, 0.15) is 84.0 Å². The average Bonchev–Trinajstić information content (AvgIpc) is 2.46. The van der Waals surface area contributed by atoms with Crippen molar-refractivity contribution in [3.63, 3.8) is 0 Å². The predicted molar refractivity (Wildman–Crippen MR) is 79.3 cm³/mol. The van der Waals surface area contributed by atoms with Crippen molar-refractivity contribution < 1.29 is 9.84 Å². The molecule has 0 heterocycles. The number of hydrogen-bond acceptors (Lipinski definition) is 2. The van der Waals surface area contributed by atoms with Gasteiger partial charge in [-0.1, -0.05) is 58.3 Å². The van der Waals surface area contributed by atoms with Gasteiger partial charge in [-0.2, -0.15) is 0 Å². The highest BCUT2D eigenvalue weighted by molar-refractivity contribution is 5.05. The summed E-state index contributed by atoms with van der Waals surface area (Å²) in [6.07, 6.45) is 15.4. The van der Waals surface area contributed by atoms with Crippen LogP contribution >= 0.6 is 0 Å². The average molecular weight is 268 g/mol. The van der Waals surface area contributed by atoms with Crippen LogP contribution in [0.5, 0.6) is 0 Å². The van der Waals surface area contributed by atoms with E-state index >= 15 is 0 Å². The van der Waals surface area contributed by atoms with Crippen molar-refractivity contribution in [2.24, 2.45) is 5.41 Å². The van der Waals surface area contributed by atoms with Gasteiger partial charge in [0.25, 0.3) is 0 Å². The van der Waals surface area contributed by atoms with Crippen LogP contribution in [0, 0.1) is 5.41 Å². The van der Waals surface area contributed by atoms with Crippen molar-refractivity contribution in [2.45, 2.75) is 96.2 Å². The quantitative estimate of drug-likeness (QED) is 0.659. The molecular formula is C17H32O2. The zero-order valence-corrected chi connectivity index (χ0v) is 12.7. The number of aliphatic hydroxyl groups excluding tert-OH is 1. The van der Waals surface area contributed by atoms with Gasteiger partial charge in [0.1, 0.15) is 0 Å². The summed E-state index contributed by atoms with van der Waals surface area (Å²) in [7, 11) is 0. The molecule has 2 fully saturated rings. The second kappa shape index (κ2) is 7.64. The Balaban J connectivity index is 1.58. The van der Waals surface area contributed by atoms with Crippen molar-refractivity contribution in [1.29, 1.82) is 0 Å². The molecule has 2 unspecified atom stereocenters. The van der Waals surface area contributed by atoms with Crippen molar-refractivity contribution in [1.82, 2.24) is 0 Å². The number of rotatable bonds is 8. The summed E-state index contributed by atoms with van der Waals surface area (Å²) in [5.74, 6) is 0. The first-order valence-electron chi connectivity index (χ1n) is 8.59. The Morgan fingerprint density at radius 2 is 1.68 bits per heavy atom. The van der Waals surface area contributed by atoms with Gasteiger partial charge in [-0.25, -0.2) is 0 Å². The van der Waals surface area contributed by atoms with E-state index in [1.807, 2.05) is 0 Å². The Kier molecular flexibility index (Phi) is 6.15. The molecule has 0 saturated heterocycles. The van der Waals surface area contributed by atoms with Gasteiger partial charge >= 0.3 is 0 Å². The van der Waals surface area contributed by atoms with Gasteiger partial charge in [0.2, 0.25) is 0 Å². The molecule has 0 aromatic rings. The standard InChI is InChI=1S/C17H32O2/c1-2-3-4-5-6-10-13-19-16-14-15(18)17(16)11-8-7-9-12-17/h15-16,18H,2-14H2,1H3. The summed E-state index contributed by atoms with van der Waals surface area (Å²) in [4.78, 5) is 0. The van der Waals surface area contributed by atoms with Crippen LogP contribution in [0.2, 0.25) is 0 Å². The first-order chi connectivity index (χ1) is 9.29. The second-order valence-electron chi connectivity index (χ2n) is 6.67. The molecule has 0 aromatic carbocycles. The van der Waals surface area contributed by atoms with Gasteiger partial charge in [0.05, 0.1) is 12.2 Å². The van der Waals surface area contributed by atoms with Crippen molar-refractivity contribution in [2.75, 3.05) is 6.61 Å². The molecule has 2 aliphatic carbocycles. The lowest BCUT2D eigenvalue weighted by molar-refractivity contribution is -0.206. The smallest absolute Gasteiger partial charge is 0.0680 e. The molecule has 2 rings (SSSR count). The zero-order chi connectivity index (χ0) is 13.6. The second-order valence-corrected chi connectivity index (χ2v) is 6.67. The van der Waals surface area contributed by atoms with Crippen LogP contribution in [0.25, 0.3) is 0 Å². The first-order valence-corrected chi connectivity index (χ1v) is 8.59. The summed E-state index contributed by atoms with van der Waals surface area (Å²) in [5.41, 5.74) is 0.153. The minimum absolute atomic E-state index is 0.0812. The van der Waals surface area contributed by atoms with Crippen molar-refractivity contribution >= 4 is 0 Å². The predicted octanol–water partition coefficient (Wildman–Crippen LogP) is 4.45. The highest BCUT2D eigenvalue weighted by Crippen LogP contribution is 2.53. The summed E-state index contributed by atoms with van der Waals surface area (Å²) >= 11 is 0. The normalized spacial score (nSPS) is 29.4. The van der Waals surface area contributed by atoms with Crippen LogP contribution in [0.4, 0.5) is 0 Å². The fourth-order valence-corrected chi connectivity index (χ4v) is 3.93. The molecule has 2 nitrogen and oxygen atoms in total. The van der Waals surface area contributed by atoms with E-state index in [2.05, 4.69) is 6.92 Å². The Hall–Kier alpha value is -0.0800. The Morgan fingerprint density at radius 1 is 1.00 bits per heavy atom. The number of hydrogen-bond donors (Lipinski definition) is 1. The third-order valence-corrected chi connectivity index (χ3v) is 5.34. The van der Waals surface area contributed by atoms with Gasteiger partial charge in [-0.05, 0) is 19.3 Å². The third-order valence-electron chi connectivity index (χ3n) is 5.34. The molecule has 1 N–H and O–H groups in total. The molecule has 1 spiro atoms. The monoisotopic (exact) mass is 268 g/mol. The van der Waals surface area contributed by atoms with Gasteiger partial charge < -0.3 is 9.84 Å². The zero-order valence-electron chi connectivity index (χ0n) is 12.7. The Labute approximate surface area is 118 Å². The van der Waals surface area contributed by atoms with E-state index in [-0.39, 0.29) is 11.5 Å². The summed E-state index contributed by atoms with van der Waals surface area (Å²) in [6, 6.07) is 0. The maximum Gasteiger partial charge on any atom is 0.0680 e. The first kappa shape index (κ1) is 15.3. The van der Waals surface area contributed by atoms with Gasteiger partial charge in [0, 0.05) is 18.4 Å². The van der Waals surface area contributed by atoms with Gasteiger partial charge in [-0.15, -0.1) is 0 Å². The molecule has 2 aliphatic rings. The fourth-order valence-electron chi connectivity index (χ4n) is 3.93. The topological polar surface area (TPSA) is 29.5 Å². The molecular weight excluding hydrogens is 236 g/mol. The molecule has 2 atom stereocenters. The molecule has 0 radical (unpaired) electrons. The maximum atomic E-state index is 10.1. The van der Waals surface area contributed by atoms with E-state index in [1.165, 1.54) is 70.6 Å². The van der Waals surface area contributed by atoms with E-state index in [4.69, 9.17) is 4.74 Å². The molecule has 0 aromatic heterocycles. The molecule has 0 amide bonds. The Morgan fingerprint density at radius 3 is 2.37 bits per heavy atom. The SMILES string of the molecule is CCCCCCCCOC1CC(O)C12CCCCC2. The third kappa shape index (κ3) is 3.72. The van der Waals surface area contributed by atoms with Crippen LogP contribution in [-0.4, -0.2) is 23.9 Å². The molecule has 0 aliphatic heterocycles. The molecule has 2 heteroatoms. The number of unbranched alkanes of at least 4 members (excludes halogenated alkanes) is 5. The highest BCUT2D eigenvalue weighted by Gasteiger charge is 2.54. The number of aliphatic hydroxyl groups is 1. The van der Waals surface area contributed by atoms with E-state index < -0.39 is 0 Å². The highest BCUT2D eigenvalue weighted by atomic mass is 16.5. The van der Waals surface area contributed by atoms with E-state index in [9.17, 15) is 5.11 Å². The van der Waals surface area contributed by atoms with Crippen molar-refractivity contribution in [3.8, 4) is 0 Å². The molecule has 2 saturated carbocycles. The largest absolute Gasteiger partial charge is 0.392 e. The lowest BCUT2D eigenvalue weighted by Gasteiger charge is -2.55. The summed E-state index contributed by atoms with van der Waals surface area (Å²) < 4.78 is 6.09. The Bertz CT molecular complexity index is 246. The minimum atomic E-state index is -0.0812. The summed E-state index contributed by atoms with van der Waals surface area (Å²) in [6.45, 7) is 3.17. The molecule has 0 bridgehead atoms. The number of ether oxygens (including phenoxy) is 1. The lowest BCUT2D eigenvalue weighted by Crippen LogP contribution is -2.59. The van der Waals surface area contributed by atoms with Crippen LogP contribution < -0.4 is 0 Å². The minimum Gasteiger partial charge on any atom is -0.392 e. The van der Waals surface area contributed by atoms with Crippen LogP contribution in [0.3, 0.4) is 0 Å². The van der Waals surface area contributed by atoms with Crippen molar-refractivity contribution in [3.05, 3.63) is 0 Å². The molecule has 112 valence electrons. The lowest BCUT2D eigenvalue weighted by atomic mass is 9.56. The van der Waals surface area contributed by atoms with Gasteiger partial charge in [-0.3, -0.25) is 0 Å².